The van der Waals surface area contributed by atoms with Gasteiger partial charge in [0.15, 0.2) is 0 Å². The molecular weight excluding hydrogens is 232 g/mol. The van der Waals surface area contributed by atoms with E-state index in [9.17, 15) is 0 Å². The molecule has 1 aromatic heterocycles. The second-order valence-corrected chi connectivity index (χ2v) is 5.59. The fraction of sp³-hybridized carbons (Fsp3) is 0.769. The molecule has 1 atom stereocenters. The van der Waals surface area contributed by atoms with Gasteiger partial charge < -0.3 is 10.1 Å². The van der Waals surface area contributed by atoms with Gasteiger partial charge in [-0.25, -0.2) is 4.98 Å². The fourth-order valence-electron chi connectivity index (χ4n) is 2.28. The number of aryl methyl sites for hydroxylation is 1. The van der Waals surface area contributed by atoms with E-state index in [0.717, 1.165) is 31.0 Å². The highest BCUT2D eigenvalue weighted by Crippen LogP contribution is 2.34. The van der Waals surface area contributed by atoms with Crippen LogP contribution in [0, 0.1) is 0 Å². The van der Waals surface area contributed by atoms with Crippen LogP contribution < -0.4 is 5.32 Å². The lowest BCUT2D eigenvalue weighted by molar-refractivity contribution is 0.121. The molecule has 1 unspecified atom stereocenters. The van der Waals surface area contributed by atoms with E-state index < -0.39 is 0 Å². The Kier molecular flexibility index (Phi) is 4.95. The number of fused-ring (bicyclic) bond motifs is 1. The van der Waals surface area contributed by atoms with Gasteiger partial charge in [-0.2, -0.15) is 0 Å². The number of nitrogens with one attached hydrogen (secondary N) is 1. The third-order valence-electron chi connectivity index (χ3n) is 3.02. The van der Waals surface area contributed by atoms with Gasteiger partial charge in [-0.15, -0.1) is 11.3 Å². The SMILES string of the molecule is CCCOCc1nc2c(s1)C(NCC)CCC2. The van der Waals surface area contributed by atoms with Crippen LogP contribution in [0.15, 0.2) is 0 Å². The van der Waals surface area contributed by atoms with Crippen molar-refractivity contribution >= 4 is 11.3 Å². The molecule has 0 saturated carbocycles. The third kappa shape index (κ3) is 3.27. The van der Waals surface area contributed by atoms with Gasteiger partial charge in [-0.05, 0) is 32.2 Å². The van der Waals surface area contributed by atoms with Crippen molar-refractivity contribution in [3.8, 4) is 0 Å². The Balaban J connectivity index is 2.02. The molecule has 1 aliphatic carbocycles. The van der Waals surface area contributed by atoms with Gasteiger partial charge in [0.05, 0.1) is 12.3 Å². The van der Waals surface area contributed by atoms with Gasteiger partial charge >= 0.3 is 0 Å². The average molecular weight is 254 g/mol. The molecule has 0 aliphatic heterocycles. The van der Waals surface area contributed by atoms with E-state index in [-0.39, 0.29) is 0 Å². The molecule has 3 nitrogen and oxygen atoms in total. The molecule has 17 heavy (non-hydrogen) atoms. The van der Waals surface area contributed by atoms with Crippen LogP contribution in [-0.2, 0) is 17.8 Å². The van der Waals surface area contributed by atoms with Gasteiger partial charge in [-0.1, -0.05) is 13.8 Å². The van der Waals surface area contributed by atoms with Gasteiger partial charge in [0.25, 0.3) is 0 Å². The molecule has 1 heterocycles. The minimum Gasteiger partial charge on any atom is -0.374 e. The first-order valence-corrected chi connectivity index (χ1v) is 7.46. The lowest BCUT2D eigenvalue weighted by atomic mass is 9.98. The second-order valence-electron chi connectivity index (χ2n) is 4.47. The van der Waals surface area contributed by atoms with Gasteiger partial charge in [-0.3, -0.25) is 0 Å². The van der Waals surface area contributed by atoms with Crippen molar-refractivity contribution < 1.29 is 4.74 Å². The average Bonchev–Trinajstić information content (AvgIpc) is 2.74. The molecule has 1 aliphatic rings. The first kappa shape index (κ1) is 13.0. The summed E-state index contributed by atoms with van der Waals surface area (Å²) in [6.07, 6.45) is 4.72. The van der Waals surface area contributed by atoms with E-state index in [2.05, 4.69) is 19.2 Å². The van der Waals surface area contributed by atoms with Crippen LogP contribution in [0.4, 0.5) is 0 Å². The van der Waals surface area contributed by atoms with Crippen molar-refractivity contribution in [1.29, 1.82) is 0 Å². The van der Waals surface area contributed by atoms with Crippen molar-refractivity contribution in [1.82, 2.24) is 10.3 Å². The predicted octanol–water partition coefficient (Wildman–Crippen LogP) is 3.06. The molecule has 4 heteroatoms. The van der Waals surface area contributed by atoms with Crippen LogP contribution in [-0.4, -0.2) is 18.1 Å². The first-order valence-electron chi connectivity index (χ1n) is 6.64. The highest BCUT2D eigenvalue weighted by atomic mass is 32.1. The van der Waals surface area contributed by atoms with E-state index in [1.54, 1.807) is 0 Å². The Hall–Kier alpha value is -0.450. The number of thiazole rings is 1. The molecule has 0 radical (unpaired) electrons. The molecule has 1 N–H and O–H groups in total. The van der Waals surface area contributed by atoms with E-state index >= 15 is 0 Å². The van der Waals surface area contributed by atoms with Crippen molar-refractivity contribution in [2.75, 3.05) is 13.2 Å². The van der Waals surface area contributed by atoms with Crippen LogP contribution in [0.5, 0.6) is 0 Å². The molecule has 1 aromatic rings. The summed E-state index contributed by atoms with van der Waals surface area (Å²) >= 11 is 1.84. The Morgan fingerprint density at radius 1 is 1.47 bits per heavy atom. The van der Waals surface area contributed by atoms with Gasteiger partial charge in [0, 0.05) is 17.5 Å². The zero-order valence-corrected chi connectivity index (χ0v) is 11.6. The van der Waals surface area contributed by atoms with Crippen molar-refractivity contribution in [2.45, 2.75) is 52.2 Å². The summed E-state index contributed by atoms with van der Waals surface area (Å²) in [6, 6.07) is 0.529. The van der Waals surface area contributed by atoms with Crippen molar-refractivity contribution in [3.63, 3.8) is 0 Å². The van der Waals surface area contributed by atoms with Crippen molar-refractivity contribution in [2.24, 2.45) is 0 Å². The summed E-state index contributed by atoms with van der Waals surface area (Å²) in [7, 11) is 0. The van der Waals surface area contributed by atoms with Gasteiger partial charge in [0.2, 0.25) is 0 Å². The van der Waals surface area contributed by atoms with Crippen LogP contribution >= 0.6 is 11.3 Å². The summed E-state index contributed by atoms with van der Waals surface area (Å²) in [4.78, 5) is 6.16. The molecule has 0 aromatic carbocycles. The number of rotatable bonds is 6. The lowest BCUT2D eigenvalue weighted by Crippen LogP contribution is -2.23. The molecule has 0 spiro atoms. The maximum atomic E-state index is 5.57. The topological polar surface area (TPSA) is 34.1 Å². The van der Waals surface area contributed by atoms with Crippen LogP contribution in [0.25, 0.3) is 0 Å². The minimum atomic E-state index is 0.529. The van der Waals surface area contributed by atoms with Crippen LogP contribution in [0.1, 0.15) is 54.7 Å². The number of ether oxygens (including phenoxy) is 1. The van der Waals surface area contributed by atoms with E-state index in [4.69, 9.17) is 9.72 Å². The Labute approximate surface area is 108 Å². The maximum Gasteiger partial charge on any atom is 0.119 e. The summed E-state index contributed by atoms with van der Waals surface area (Å²) in [5, 5.41) is 4.70. The Morgan fingerprint density at radius 3 is 3.12 bits per heavy atom. The number of hydrogen-bond donors (Lipinski definition) is 1. The summed E-state index contributed by atoms with van der Waals surface area (Å²) in [5.74, 6) is 0. The normalized spacial score (nSPS) is 19.3. The quantitative estimate of drug-likeness (QED) is 0.792. The molecule has 96 valence electrons. The first-order chi connectivity index (χ1) is 8.35. The monoisotopic (exact) mass is 254 g/mol. The second kappa shape index (κ2) is 6.47. The fourth-order valence-corrected chi connectivity index (χ4v) is 3.44. The molecule has 0 saturated heterocycles. The van der Waals surface area contributed by atoms with E-state index in [0.29, 0.717) is 12.6 Å². The summed E-state index contributed by atoms with van der Waals surface area (Å²) < 4.78 is 5.57. The molecular formula is C13H22N2OS. The van der Waals surface area contributed by atoms with Gasteiger partial charge in [0.1, 0.15) is 5.01 Å². The summed E-state index contributed by atoms with van der Waals surface area (Å²) in [5.41, 5.74) is 1.31. The number of aromatic nitrogens is 1. The number of hydrogen-bond acceptors (Lipinski definition) is 4. The number of nitrogens with zero attached hydrogens (tertiary/aromatic N) is 1. The Morgan fingerprint density at radius 2 is 2.35 bits per heavy atom. The zero-order valence-electron chi connectivity index (χ0n) is 10.8. The van der Waals surface area contributed by atoms with Crippen LogP contribution in [0.3, 0.4) is 0 Å². The third-order valence-corrected chi connectivity index (χ3v) is 4.20. The lowest BCUT2D eigenvalue weighted by Gasteiger charge is -2.21. The largest absolute Gasteiger partial charge is 0.374 e. The summed E-state index contributed by atoms with van der Waals surface area (Å²) in [6.45, 7) is 6.85. The maximum absolute atomic E-state index is 5.57. The minimum absolute atomic E-state index is 0.529. The highest BCUT2D eigenvalue weighted by Gasteiger charge is 2.23. The molecule has 0 amide bonds. The van der Waals surface area contributed by atoms with Crippen molar-refractivity contribution in [3.05, 3.63) is 15.6 Å². The molecule has 2 rings (SSSR count). The smallest absolute Gasteiger partial charge is 0.119 e. The molecule has 0 bridgehead atoms. The zero-order chi connectivity index (χ0) is 12.1. The Bertz CT molecular complexity index is 351. The highest BCUT2D eigenvalue weighted by molar-refractivity contribution is 7.11. The van der Waals surface area contributed by atoms with E-state index in [1.807, 2.05) is 11.3 Å². The predicted molar refractivity (Wildman–Crippen MR) is 71.4 cm³/mol. The molecule has 0 fully saturated rings. The standard InChI is InChI=1S/C13H22N2OS/c1-3-8-16-9-12-15-11-7-5-6-10(14-4-2)13(11)17-12/h10,14H,3-9H2,1-2H3. The van der Waals surface area contributed by atoms with Crippen LogP contribution in [0.2, 0.25) is 0 Å². The van der Waals surface area contributed by atoms with E-state index in [1.165, 1.54) is 23.4 Å².